The highest BCUT2D eigenvalue weighted by Gasteiger charge is 2.48. The van der Waals surface area contributed by atoms with Gasteiger partial charge < -0.3 is 5.11 Å². The molecular formula is C14H10ClNO3. The number of nitrogens with zero attached hydrogens (tertiary/aromatic N) is 1. The summed E-state index contributed by atoms with van der Waals surface area (Å²) in [4.78, 5) is 27.1. The number of aromatic nitrogens is 1. The Bertz CT molecular complexity index is 698. The van der Waals surface area contributed by atoms with Gasteiger partial charge in [0.25, 0.3) is 0 Å². The van der Waals surface area contributed by atoms with Gasteiger partial charge in [-0.3, -0.25) is 14.6 Å². The van der Waals surface area contributed by atoms with E-state index >= 15 is 0 Å². The summed E-state index contributed by atoms with van der Waals surface area (Å²) < 4.78 is 0. The number of halogens is 1. The third-order valence-corrected chi connectivity index (χ3v) is 3.68. The molecule has 0 unspecified atom stereocenters. The zero-order valence-corrected chi connectivity index (χ0v) is 10.6. The van der Waals surface area contributed by atoms with Gasteiger partial charge in [-0.15, -0.1) is 0 Å². The van der Waals surface area contributed by atoms with E-state index in [0.29, 0.717) is 22.5 Å². The molecule has 2 aromatic rings. The molecule has 1 saturated carbocycles. The van der Waals surface area contributed by atoms with Gasteiger partial charge in [-0.1, -0.05) is 17.7 Å². The Kier molecular flexibility index (Phi) is 2.75. The van der Waals surface area contributed by atoms with E-state index in [9.17, 15) is 9.59 Å². The average Bonchev–Trinajstić information content (AvgIpc) is 3.18. The van der Waals surface area contributed by atoms with E-state index in [2.05, 4.69) is 4.98 Å². The molecule has 1 aromatic heterocycles. The molecule has 1 aliphatic rings. The van der Waals surface area contributed by atoms with Crippen molar-refractivity contribution < 1.29 is 14.7 Å². The Hall–Kier alpha value is -1.94. The Morgan fingerprint density at radius 3 is 2.79 bits per heavy atom. The predicted octanol–water partition coefficient (Wildman–Crippen LogP) is 2.79. The Balaban J connectivity index is 1.98. The number of carbonyl (C=O) groups is 2. The molecule has 0 aliphatic heterocycles. The SMILES string of the molecule is O=C(O)[C@H]1C[C@@H]1C(=O)c1cc(Cl)c2ncccc2c1. The highest BCUT2D eigenvalue weighted by Crippen LogP contribution is 2.41. The zero-order chi connectivity index (χ0) is 13.6. The van der Waals surface area contributed by atoms with Gasteiger partial charge in [-0.2, -0.15) is 0 Å². The standard InChI is InChI=1S/C14H10ClNO3/c15-11-5-8(4-7-2-1-3-16-12(7)11)13(17)9-6-10(9)14(18)19/h1-5,9-10H,6H2,(H,18,19)/t9-,10-/m0/s1. The van der Waals surface area contributed by atoms with E-state index in [0.717, 1.165) is 5.39 Å². The average molecular weight is 276 g/mol. The molecule has 19 heavy (non-hydrogen) atoms. The van der Waals surface area contributed by atoms with Crippen LogP contribution in [0.3, 0.4) is 0 Å². The molecule has 1 heterocycles. The number of benzene rings is 1. The van der Waals surface area contributed by atoms with Crippen molar-refractivity contribution in [2.75, 3.05) is 0 Å². The summed E-state index contributed by atoms with van der Waals surface area (Å²) in [6.07, 6.45) is 2.05. The lowest BCUT2D eigenvalue weighted by molar-refractivity contribution is -0.138. The van der Waals surface area contributed by atoms with E-state index in [1.807, 2.05) is 6.07 Å². The minimum Gasteiger partial charge on any atom is -0.481 e. The third kappa shape index (κ3) is 2.08. The molecule has 0 saturated heterocycles. The summed E-state index contributed by atoms with van der Waals surface area (Å²) in [6, 6.07) is 6.88. The number of carbonyl (C=O) groups excluding carboxylic acids is 1. The summed E-state index contributed by atoms with van der Waals surface area (Å²) in [5.41, 5.74) is 1.10. The highest BCUT2D eigenvalue weighted by molar-refractivity contribution is 6.35. The molecule has 5 heteroatoms. The maximum atomic E-state index is 12.2. The third-order valence-electron chi connectivity index (χ3n) is 3.39. The summed E-state index contributed by atoms with van der Waals surface area (Å²) in [5.74, 6) is -2.02. The monoisotopic (exact) mass is 275 g/mol. The van der Waals surface area contributed by atoms with Crippen LogP contribution in [0.15, 0.2) is 30.5 Å². The fourth-order valence-electron chi connectivity index (χ4n) is 2.26. The molecule has 2 atom stereocenters. The van der Waals surface area contributed by atoms with Gasteiger partial charge in [-0.25, -0.2) is 0 Å². The van der Waals surface area contributed by atoms with Crippen LogP contribution in [0.1, 0.15) is 16.8 Å². The molecule has 1 aromatic carbocycles. The molecule has 1 N–H and O–H groups in total. The number of Topliss-reactive ketones (excluding diaryl/α,β-unsaturated/α-hetero) is 1. The molecule has 0 bridgehead atoms. The second-order valence-electron chi connectivity index (χ2n) is 4.68. The lowest BCUT2D eigenvalue weighted by Gasteiger charge is -2.04. The van der Waals surface area contributed by atoms with Crippen molar-refractivity contribution in [3.8, 4) is 0 Å². The predicted molar refractivity (Wildman–Crippen MR) is 70.3 cm³/mol. The van der Waals surface area contributed by atoms with Gasteiger partial charge >= 0.3 is 5.97 Å². The Morgan fingerprint density at radius 2 is 2.11 bits per heavy atom. The number of ketones is 1. The summed E-state index contributed by atoms with van der Waals surface area (Å²) in [6.45, 7) is 0. The van der Waals surface area contributed by atoms with Crippen LogP contribution in [-0.4, -0.2) is 21.8 Å². The first-order chi connectivity index (χ1) is 9.08. The molecule has 0 radical (unpaired) electrons. The van der Waals surface area contributed by atoms with Crippen LogP contribution >= 0.6 is 11.6 Å². The number of hydrogen-bond acceptors (Lipinski definition) is 3. The summed E-state index contributed by atoms with van der Waals surface area (Å²) >= 11 is 6.10. The van der Waals surface area contributed by atoms with E-state index in [1.165, 1.54) is 0 Å². The maximum absolute atomic E-state index is 12.2. The van der Waals surface area contributed by atoms with Crippen LogP contribution in [0.4, 0.5) is 0 Å². The maximum Gasteiger partial charge on any atom is 0.307 e. The number of carboxylic acids is 1. The second-order valence-corrected chi connectivity index (χ2v) is 5.09. The topological polar surface area (TPSA) is 67.3 Å². The van der Waals surface area contributed by atoms with Gasteiger partial charge in [-0.05, 0) is 24.6 Å². The molecule has 0 spiro atoms. The van der Waals surface area contributed by atoms with Crippen LogP contribution in [0.2, 0.25) is 5.02 Å². The molecule has 1 aliphatic carbocycles. The van der Waals surface area contributed by atoms with Gasteiger partial charge in [0.1, 0.15) is 0 Å². The first-order valence-corrected chi connectivity index (χ1v) is 6.27. The van der Waals surface area contributed by atoms with Crippen molar-refractivity contribution in [3.63, 3.8) is 0 Å². The largest absolute Gasteiger partial charge is 0.481 e. The molecule has 1 fully saturated rings. The number of fused-ring (bicyclic) bond motifs is 1. The van der Waals surface area contributed by atoms with Crippen molar-refractivity contribution in [3.05, 3.63) is 41.0 Å². The fraction of sp³-hybridized carbons (Fsp3) is 0.214. The van der Waals surface area contributed by atoms with E-state index in [4.69, 9.17) is 16.7 Å². The number of aliphatic carboxylic acids is 1. The summed E-state index contributed by atoms with van der Waals surface area (Å²) in [5, 5.41) is 10.1. The van der Waals surface area contributed by atoms with Crippen LogP contribution in [0.25, 0.3) is 10.9 Å². The molecule has 96 valence electrons. The zero-order valence-electron chi connectivity index (χ0n) is 9.84. The molecule has 3 rings (SSSR count). The lowest BCUT2D eigenvalue weighted by atomic mass is 10.0. The van der Waals surface area contributed by atoms with Crippen LogP contribution in [0.5, 0.6) is 0 Å². The van der Waals surface area contributed by atoms with Crippen molar-refractivity contribution in [1.82, 2.24) is 4.98 Å². The van der Waals surface area contributed by atoms with Crippen molar-refractivity contribution in [2.24, 2.45) is 11.8 Å². The molecule has 4 nitrogen and oxygen atoms in total. The van der Waals surface area contributed by atoms with Gasteiger partial charge in [0.2, 0.25) is 0 Å². The first-order valence-electron chi connectivity index (χ1n) is 5.89. The highest BCUT2D eigenvalue weighted by atomic mass is 35.5. The van der Waals surface area contributed by atoms with Crippen molar-refractivity contribution in [2.45, 2.75) is 6.42 Å². The van der Waals surface area contributed by atoms with E-state index < -0.39 is 17.8 Å². The van der Waals surface area contributed by atoms with Gasteiger partial charge in [0.05, 0.1) is 16.5 Å². The lowest BCUT2D eigenvalue weighted by Crippen LogP contribution is -2.08. The number of carboxylic acid groups (broad SMARTS) is 1. The first kappa shape index (κ1) is 12.1. The van der Waals surface area contributed by atoms with E-state index in [-0.39, 0.29) is 5.78 Å². The Labute approximate surface area is 114 Å². The van der Waals surface area contributed by atoms with Gasteiger partial charge in [0, 0.05) is 23.1 Å². The fourth-order valence-corrected chi connectivity index (χ4v) is 2.54. The van der Waals surface area contributed by atoms with Crippen molar-refractivity contribution in [1.29, 1.82) is 0 Å². The number of rotatable bonds is 3. The number of pyridine rings is 1. The Morgan fingerprint density at radius 1 is 1.32 bits per heavy atom. The molecular weight excluding hydrogens is 266 g/mol. The quantitative estimate of drug-likeness (QED) is 0.875. The minimum atomic E-state index is -0.910. The van der Waals surface area contributed by atoms with Gasteiger partial charge in [0.15, 0.2) is 5.78 Å². The smallest absolute Gasteiger partial charge is 0.307 e. The second kappa shape index (κ2) is 4.31. The molecule has 0 amide bonds. The minimum absolute atomic E-state index is 0.153. The van der Waals surface area contributed by atoms with Crippen LogP contribution < -0.4 is 0 Å². The van der Waals surface area contributed by atoms with Crippen LogP contribution in [-0.2, 0) is 4.79 Å². The number of hydrogen-bond donors (Lipinski definition) is 1. The summed E-state index contributed by atoms with van der Waals surface area (Å²) in [7, 11) is 0. The van der Waals surface area contributed by atoms with Crippen molar-refractivity contribution >= 4 is 34.3 Å². The normalized spacial score (nSPS) is 21.3. The van der Waals surface area contributed by atoms with Crippen LogP contribution in [0, 0.1) is 11.8 Å². The van der Waals surface area contributed by atoms with E-state index in [1.54, 1.807) is 24.4 Å².